The van der Waals surface area contributed by atoms with Crippen molar-refractivity contribution >= 4 is 28.5 Å². The number of benzene rings is 2. The molecule has 3 rings (SSSR count). The number of halogens is 1. The highest BCUT2D eigenvalue weighted by Gasteiger charge is 2.11. The predicted molar refractivity (Wildman–Crippen MR) is 82.1 cm³/mol. The van der Waals surface area contributed by atoms with E-state index in [1.54, 1.807) is 24.3 Å². The second kappa shape index (κ2) is 5.16. The second-order valence-electron chi connectivity index (χ2n) is 4.61. The fourth-order valence-corrected chi connectivity index (χ4v) is 2.30. The summed E-state index contributed by atoms with van der Waals surface area (Å²) in [4.78, 5) is 38.1. The Morgan fingerprint density at radius 1 is 1.09 bits per heavy atom. The van der Waals surface area contributed by atoms with Gasteiger partial charge in [-0.15, -0.1) is 0 Å². The third-order valence-corrected chi connectivity index (χ3v) is 3.48. The maximum Gasteiger partial charge on any atom is 0.335 e. The SMILES string of the molecule is O=C(O)c1ccc2c(=O)n(-c3ccc(Cl)cc3)c(=O)[nH]c2c1. The van der Waals surface area contributed by atoms with Crippen LogP contribution in [0, 0.1) is 0 Å². The summed E-state index contributed by atoms with van der Waals surface area (Å²) in [7, 11) is 0. The van der Waals surface area contributed by atoms with Gasteiger partial charge in [0, 0.05) is 5.02 Å². The van der Waals surface area contributed by atoms with Crippen LogP contribution < -0.4 is 11.2 Å². The van der Waals surface area contributed by atoms with Gasteiger partial charge in [0.15, 0.2) is 0 Å². The molecule has 0 aliphatic carbocycles. The van der Waals surface area contributed by atoms with Crippen LogP contribution >= 0.6 is 11.6 Å². The Labute approximate surface area is 128 Å². The largest absolute Gasteiger partial charge is 0.478 e. The van der Waals surface area contributed by atoms with Gasteiger partial charge in [-0.2, -0.15) is 0 Å². The lowest BCUT2D eigenvalue weighted by Crippen LogP contribution is -2.33. The molecule has 1 aromatic heterocycles. The Bertz CT molecular complexity index is 1000. The van der Waals surface area contributed by atoms with Crippen LogP contribution in [0.15, 0.2) is 52.1 Å². The van der Waals surface area contributed by atoms with Crippen LogP contribution in [0.3, 0.4) is 0 Å². The average molecular weight is 317 g/mol. The number of aromatic nitrogens is 2. The van der Waals surface area contributed by atoms with E-state index in [2.05, 4.69) is 4.98 Å². The summed E-state index contributed by atoms with van der Waals surface area (Å²) in [6.07, 6.45) is 0. The van der Waals surface area contributed by atoms with Gasteiger partial charge in [-0.05, 0) is 42.5 Å². The number of nitrogens with one attached hydrogen (secondary N) is 1. The van der Waals surface area contributed by atoms with Crippen LogP contribution in [0.2, 0.25) is 5.02 Å². The molecule has 0 amide bonds. The number of nitrogens with zero attached hydrogens (tertiary/aromatic N) is 1. The summed E-state index contributed by atoms with van der Waals surface area (Å²) in [6.45, 7) is 0. The number of aromatic carboxylic acids is 1. The Morgan fingerprint density at radius 3 is 2.41 bits per heavy atom. The van der Waals surface area contributed by atoms with Crippen LogP contribution in [0.5, 0.6) is 0 Å². The minimum absolute atomic E-state index is 0.00760. The number of aromatic amines is 1. The normalized spacial score (nSPS) is 10.8. The van der Waals surface area contributed by atoms with Gasteiger partial charge in [-0.3, -0.25) is 4.79 Å². The van der Waals surface area contributed by atoms with Crippen molar-refractivity contribution in [1.82, 2.24) is 9.55 Å². The van der Waals surface area contributed by atoms with Gasteiger partial charge in [0.05, 0.1) is 22.2 Å². The lowest BCUT2D eigenvalue weighted by molar-refractivity contribution is 0.0697. The Hall–Kier alpha value is -2.86. The maximum atomic E-state index is 12.5. The first kappa shape index (κ1) is 14.1. The van der Waals surface area contributed by atoms with Gasteiger partial charge < -0.3 is 10.1 Å². The quantitative estimate of drug-likeness (QED) is 0.756. The summed E-state index contributed by atoms with van der Waals surface area (Å²) in [5.41, 5.74) is -0.632. The molecule has 0 fully saturated rings. The van der Waals surface area contributed by atoms with Crippen molar-refractivity contribution < 1.29 is 9.90 Å². The molecule has 0 aliphatic heterocycles. The summed E-state index contributed by atoms with van der Waals surface area (Å²) >= 11 is 5.79. The number of hydrogen-bond acceptors (Lipinski definition) is 3. The first-order valence-corrected chi connectivity index (χ1v) is 6.63. The maximum absolute atomic E-state index is 12.5. The molecular formula is C15H9ClN2O4. The van der Waals surface area contributed by atoms with Crippen LogP contribution in [-0.2, 0) is 0 Å². The molecule has 0 aliphatic rings. The van der Waals surface area contributed by atoms with Crippen molar-refractivity contribution in [3.05, 3.63) is 73.9 Å². The molecule has 0 saturated carbocycles. The first-order valence-electron chi connectivity index (χ1n) is 6.26. The third kappa shape index (κ3) is 2.29. The standard InChI is InChI=1S/C15H9ClN2O4/c16-9-2-4-10(5-3-9)18-13(19)11-6-1-8(14(20)21)7-12(11)17-15(18)22/h1-7H,(H,17,22)(H,20,21). The molecule has 0 unspecified atom stereocenters. The molecule has 22 heavy (non-hydrogen) atoms. The van der Waals surface area contributed by atoms with Gasteiger partial charge in [0.1, 0.15) is 0 Å². The van der Waals surface area contributed by atoms with E-state index in [4.69, 9.17) is 16.7 Å². The zero-order chi connectivity index (χ0) is 15.9. The molecule has 0 radical (unpaired) electrons. The highest BCUT2D eigenvalue weighted by atomic mass is 35.5. The zero-order valence-electron chi connectivity index (χ0n) is 11.0. The number of carbonyl (C=O) groups is 1. The molecule has 0 atom stereocenters. The van der Waals surface area contributed by atoms with Crippen molar-refractivity contribution in [2.24, 2.45) is 0 Å². The van der Waals surface area contributed by atoms with E-state index >= 15 is 0 Å². The van der Waals surface area contributed by atoms with Gasteiger partial charge in [0.2, 0.25) is 0 Å². The van der Waals surface area contributed by atoms with Crippen molar-refractivity contribution in [2.45, 2.75) is 0 Å². The number of rotatable bonds is 2. The van der Waals surface area contributed by atoms with E-state index in [-0.39, 0.29) is 16.5 Å². The molecule has 2 aromatic carbocycles. The van der Waals surface area contributed by atoms with E-state index in [0.29, 0.717) is 10.7 Å². The van der Waals surface area contributed by atoms with Crippen molar-refractivity contribution in [2.75, 3.05) is 0 Å². The molecule has 2 N–H and O–H groups in total. The minimum Gasteiger partial charge on any atom is -0.478 e. The van der Waals surface area contributed by atoms with E-state index in [0.717, 1.165) is 4.57 Å². The summed E-state index contributed by atoms with van der Waals surface area (Å²) in [5, 5.41) is 9.66. The minimum atomic E-state index is -1.13. The molecule has 7 heteroatoms. The second-order valence-corrected chi connectivity index (χ2v) is 5.05. The number of H-pyrrole nitrogens is 1. The molecule has 0 spiro atoms. The Morgan fingerprint density at radius 2 is 1.77 bits per heavy atom. The highest BCUT2D eigenvalue weighted by molar-refractivity contribution is 6.30. The van der Waals surface area contributed by atoms with E-state index in [1.807, 2.05) is 0 Å². The lowest BCUT2D eigenvalue weighted by Gasteiger charge is -2.07. The number of fused-ring (bicyclic) bond motifs is 1. The average Bonchev–Trinajstić information content (AvgIpc) is 2.48. The van der Waals surface area contributed by atoms with Crippen LogP contribution in [0.25, 0.3) is 16.6 Å². The van der Waals surface area contributed by atoms with Crippen LogP contribution in [0.4, 0.5) is 0 Å². The monoisotopic (exact) mass is 316 g/mol. The van der Waals surface area contributed by atoms with Crippen molar-refractivity contribution in [3.63, 3.8) is 0 Å². The number of carboxylic acids is 1. The fourth-order valence-electron chi connectivity index (χ4n) is 2.18. The summed E-state index contributed by atoms with van der Waals surface area (Å²) in [6, 6.07) is 10.2. The highest BCUT2D eigenvalue weighted by Crippen LogP contribution is 2.13. The van der Waals surface area contributed by atoms with Crippen molar-refractivity contribution in [1.29, 1.82) is 0 Å². The molecule has 3 aromatic rings. The number of carboxylic acid groups (broad SMARTS) is 1. The Kier molecular flexibility index (Phi) is 3.30. The van der Waals surface area contributed by atoms with Crippen molar-refractivity contribution in [3.8, 4) is 5.69 Å². The van der Waals surface area contributed by atoms with E-state index in [9.17, 15) is 14.4 Å². The third-order valence-electron chi connectivity index (χ3n) is 3.23. The zero-order valence-corrected chi connectivity index (χ0v) is 11.8. The van der Waals surface area contributed by atoms with Gasteiger partial charge in [-0.1, -0.05) is 11.6 Å². The van der Waals surface area contributed by atoms with Crippen LogP contribution in [-0.4, -0.2) is 20.6 Å². The fraction of sp³-hybridized carbons (Fsp3) is 0. The topological polar surface area (TPSA) is 92.2 Å². The van der Waals surface area contributed by atoms with E-state index < -0.39 is 17.2 Å². The smallest absolute Gasteiger partial charge is 0.335 e. The number of hydrogen-bond donors (Lipinski definition) is 2. The van der Waals surface area contributed by atoms with E-state index in [1.165, 1.54) is 18.2 Å². The van der Waals surface area contributed by atoms with Crippen LogP contribution in [0.1, 0.15) is 10.4 Å². The molecule has 0 bridgehead atoms. The van der Waals surface area contributed by atoms with Gasteiger partial charge in [-0.25, -0.2) is 14.2 Å². The predicted octanol–water partition coefficient (Wildman–Crippen LogP) is 2.03. The Balaban J connectivity index is 2.32. The lowest BCUT2D eigenvalue weighted by atomic mass is 10.1. The van der Waals surface area contributed by atoms with Gasteiger partial charge >= 0.3 is 11.7 Å². The summed E-state index contributed by atoms with van der Waals surface area (Å²) in [5.74, 6) is -1.13. The molecular weight excluding hydrogens is 308 g/mol. The molecule has 1 heterocycles. The van der Waals surface area contributed by atoms with Gasteiger partial charge in [0.25, 0.3) is 5.56 Å². The first-order chi connectivity index (χ1) is 10.5. The summed E-state index contributed by atoms with van der Waals surface area (Å²) < 4.78 is 0.971. The molecule has 6 nitrogen and oxygen atoms in total. The molecule has 0 saturated heterocycles. The molecule has 110 valence electrons.